The predicted octanol–water partition coefficient (Wildman–Crippen LogP) is 3.74. The molecule has 1 aromatic carbocycles. The van der Waals surface area contributed by atoms with Crippen molar-refractivity contribution in [2.45, 2.75) is 45.6 Å². The summed E-state index contributed by atoms with van der Waals surface area (Å²) < 4.78 is 6.39. The molecule has 2 rings (SSSR count). The zero-order chi connectivity index (χ0) is 15.1. The lowest BCUT2D eigenvalue weighted by molar-refractivity contribution is 0.363. The monoisotopic (exact) mass is 351 g/mol. The first-order valence-electron chi connectivity index (χ1n) is 7.46. The third-order valence-corrected chi connectivity index (χ3v) is 3.79. The highest BCUT2D eigenvalue weighted by Crippen LogP contribution is 2.14. The molecule has 1 unspecified atom stereocenters. The summed E-state index contributed by atoms with van der Waals surface area (Å²) in [6, 6.07) is 8.65. The van der Waals surface area contributed by atoms with E-state index in [-0.39, 0.29) is 0 Å². The molecule has 0 bridgehead atoms. The van der Waals surface area contributed by atoms with E-state index < -0.39 is 0 Å². The van der Waals surface area contributed by atoms with Crippen LogP contribution >= 0.6 is 15.9 Å². The van der Waals surface area contributed by atoms with Gasteiger partial charge in [0, 0.05) is 23.4 Å². The second kappa shape index (κ2) is 8.29. The van der Waals surface area contributed by atoms with Crippen molar-refractivity contribution in [1.82, 2.24) is 15.5 Å². The minimum absolute atomic E-state index is 0.477. The van der Waals surface area contributed by atoms with E-state index in [1.165, 1.54) is 5.56 Å². The van der Waals surface area contributed by atoms with E-state index in [0.29, 0.717) is 12.5 Å². The van der Waals surface area contributed by atoms with E-state index in [1.807, 2.05) is 12.1 Å². The molecule has 0 aliphatic rings. The number of hydrogen-bond acceptors (Lipinski definition) is 4. The van der Waals surface area contributed by atoms with Crippen molar-refractivity contribution >= 4 is 15.9 Å². The third kappa shape index (κ3) is 5.59. The second-order valence-electron chi connectivity index (χ2n) is 5.30. The van der Waals surface area contributed by atoms with Gasteiger partial charge in [0.25, 0.3) is 0 Å². The SMILES string of the molecule is CCCNC(C)CCc1nc(Cc2cccc(Br)c2)no1. The van der Waals surface area contributed by atoms with Gasteiger partial charge in [0.1, 0.15) is 0 Å². The van der Waals surface area contributed by atoms with Gasteiger partial charge in [-0.05, 0) is 44.0 Å². The molecule has 1 N–H and O–H groups in total. The summed E-state index contributed by atoms with van der Waals surface area (Å²) in [5.74, 6) is 1.47. The quantitative estimate of drug-likeness (QED) is 0.786. The van der Waals surface area contributed by atoms with Gasteiger partial charge in [0.15, 0.2) is 5.82 Å². The Kier molecular flexibility index (Phi) is 6.39. The van der Waals surface area contributed by atoms with Gasteiger partial charge >= 0.3 is 0 Å². The lowest BCUT2D eigenvalue weighted by Gasteiger charge is -2.10. The topological polar surface area (TPSA) is 51.0 Å². The summed E-state index contributed by atoms with van der Waals surface area (Å²) in [7, 11) is 0. The van der Waals surface area contributed by atoms with E-state index in [1.54, 1.807) is 0 Å². The minimum Gasteiger partial charge on any atom is -0.339 e. The van der Waals surface area contributed by atoms with Crippen LogP contribution in [0.5, 0.6) is 0 Å². The number of benzene rings is 1. The van der Waals surface area contributed by atoms with E-state index in [4.69, 9.17) is 4.52 Å². The second-order valence-corrected chi connectivity index (χ2v) is 6.22. The molecule has 0 radical (unpaired) electrons. The number of aryl methyl sites for hydroxylation is 1. The molecule has 0 amide bonds. The highest BCUT2D eigenvalue weighted by molar-refractivity contribution is 9.10. The first-order valence-corrected chi connectivity index (χ1v) is 8.26. The Labute approximate surface area is 134 Å². The Hall–Kier alpha value is -1.20. The first kappa shape index (κ1) is 16.2. The summed E-state index contributed by atoms with van der Waals surface area (Å²) in [6.07, 6.45) is 3.69. The maximum Gasteiger partial charge on any atom is 0.226 e. The largest absolute Gasteiger partial charge is 0.339 e. The van der Waals surface area contributed by atoms with Crippen molar-refractivity contribution in [2.75, 3.05) is 6.54 Å². The maximum atomic E-state index is 5.32. The average molecular weight is 352 g/mol. The van der Waals surface area contributed by atoms with Crippen LogP contribution in [0.25, 0.3) is 0 Å². The van der Waals surface area contributed by atoms with E-state index >= 15 is 0 Å². The zero-order valence-electron chi connectivity index (χ0n) is 12.6. The molecule has 114 valence electrons. The molecule has 0 saturated carbocycles. The van der Waals surface area contributed by atoms with Crippen molar-refractivity contribution in [3.8, 4) is 0 Å². The van der Waals surface area contributed by atoms with Gasteiger partial charge in [0.05, 0.1) is 0 Å². The molecule has 2 aromatic rings. The Morgan fingerprint density at radius 3 is 3.00 bits per heavy atom. The Bertz CT molecular complexity index is 556. The van der Waals surface area contributed by atoms with Crippen LogP contribution in [0.2, 0.25) is 0 Å². The van der Waals surface area contributed by atoms with Crippen molar-refractivity contribution in [3.05, 3.63) is 46.0 Å². The molecule has 0 saturated heterocycles. The van der Waals surface area contributed by atoms with E-state index in [2.05, 4.69) is 57.4 Å². The smallest absolute Gasteiger partial charge is 0.226 e. The molecular weight excluding hydrogens is 330 g/mol. The molecule has 0 fully saturated rings. The van der Waals surface area contributed by atoms with Crippen LogP contribution < -0.4 is 5.32 Å². The maximum absolute atomic E-state index is 5.32. The fraction of sp³-hybridized carbons (Fsp3) is 0.500. The normalized spacial score (nSPS) is 12.5. The summed E-state index contributed by atoms with van der Waals surface area (Å²) >= 11 is 3.47. The first-order chi connectivity index (χ1) is 10.2. The van der Waals surface area contributed by atoms with Crippen LogP contribution in [0.1, 0.15) is 44.0 Å². The minimum atomic E-state index is 0.477. The summed E-state index contributed by atoms with van der Waals surface area (Å²) in [4.78, 5) is 4.47. The average Bonchev–Trinajstić information content (AvgIpc) is 2.90. The summed E-state index contributed by atoms with van der Waals surface area (Å²) in [5.41, 5.74) is 1.18. The van der Waals surface area contributed by atoms with Gasteiger partial charge in [-0.3, -0.25) is 0 Å². The van der Waals surface area contributed by atoms with Crippen LogP contribution in [0.4, 0.5) is 0 Å². The highest BCUT2D eigenvalue weighted by Gasteiger charge is 2.09. The number of nitrogens with zero attached hydrogens (tertiary/aromatic N) is 2. The van der Waals surface area contributed by atoms with Crippen LogP contribution in [0.15, 0.2) is 33.3 Å². The van der Waals surface area contributed by atoms with Crippen LogP contribution in [0, 0.1) is 0 Å². The lowest BCUT2D eigenvalue weighted by atomic mass is 10.1. The molecule has 4 nitrogen and oxygen atoms in total. The van der Waals surface area contributed by atoms with Crippen LogP contribution in [0.3, 0.4) is 0 Å². The standard InChI is InChI=1S/C16H22BrN3O/c1-3-9-18-12(2)7-8-16-19-15(20-21-16)11-13-5-4-6-14(17)10-13/h4-6,10,12,18H,3,7-9,11H2,1-2H3. The molecule has 21 heavy (non-hydrogen) atoms. The number of nitrogens with one attached hydrogen (secondary N) is 1. The van der Waals surface area contributed by atoms with Gasteiger partial charge in [-0.15, -0.1) is 0 Å². The fourth-order valence-corrected chi connectivity index (χ4v) is 2.57. The summed E-state index contributed by atoms with van der Waals surface area (Å²) in [5, 5.41) is 7.52. The number of aromatic nitrogens is 2. The van der Waals surface area contributed by atoms with Gasteiger partial charge in [-0.25, -0.2) is 0 Å². The van der Waals surface area contributed by atoms with Crippen LogP contribution in [-0.4, -0.2) is 22.7 Å². The molecule has 5 heteroatoms. The zero-order valence-corrected chi connectivity index (χ0v) is 14.2. The Morgan fingerprint density at radius 1 is 1.38 bits per heavy atom. The molecule has 1 heterocycles. The molecule has 0 aliphatic carbocycles. The Morgan fingerprint density at radius 2 is 2.24 bits per heavy atom. The van der Waals surface area contributed by atoms with Gasteiger partial charge in [-0.2, -0.15) is 4.98 Å². The number of hydrogen-bond donors (Lipinski definition) is 1. The molecule has 1 atom stereocenters. The Balaban J connectivity index is 1.84. The number of rotatable bonds is 8. The third-order valence-electron chi connectivity index (χ3n) is 3.30. The highest BCUT2D eigenvalue weighted by atomic mass is 79.9. The molecule has 1 aromatic heterocycles. The van der Waals surface area contributed by atoms with E-state index in [9.17, 15) is 0 Å². The molecule has 0 aliphatic heterocycles. The van der Waals surface area contributed by atoms with Crippen molar-refractivity contribution in [3.63, 3.8) is 0 Å². The molecular formula is C16H22BrN3O. The van der Waals surface area contributed by atoms with Gasteiger partial charge in [0.2, 0.25) is 5.89 Å². The van der Waals surface area contributed by atoms with Crippen molar-refractivity contribution in [2.24, 2.45) is 0 Å². The molecule has 0 spiro atoms. The van der Waals surface area contributed by atoms with Crippen LogP contribution in [-0.2, 0) is 12.8 Å². The summed E-state index contributed by atoms with van der Waals surface area (Å²) in [6.45, 7) is 5.42. The van der Waals surface area contributed by atoms with Gasteiger partial charge in [-0.1, -0.05) is 40.1 Å². The lowest BCUT2D eigenvalue weighted by Crippen LogP contribution is -2.27. The number of halogens is 1. The van der Waals surface area contributed by atoms with Crippen molar-refractivity contribution in [1.29, 1.82) is 0 Å². The van der Waals surface area contributed by atoms with Crippen molar-refractivity contribution < 1.29 is 4.52 Å². The van der Waals surface area contributed by atoms with E-state index in [0.717, 1.165) is 42.0 Å². The van der Waals surface area contributed by atoms with Gasteiger partial charge < -0.3 is 9.84 Å². The fourth-order valence-electron chi connectivity index (χ4n) is 2.13. The predicted molar refractivity (Wildman–Crippen MR) is 87.3 cm³/mol.